The first-order valence-electron chi connectivity index (χ1n) is 8.98. The highest BCUT2D eigenvalue weighted by molar-refractivity contribution is 7.98. The molecule has 0 fully saturated rings. The van der Waals surface area contributed by atoms with E-state index >= 15 is 0 Å². The second kappa shape index (κ2) is 8.16. The summed E-state index contributed by atoms with van der Waals surface area (Å²) in [4.78, 5) is 26.2. The van der Waals surface area contributed by atoms with Crippen molar-refractivity contribution in [2.24, 2.45) is 0 Å². The summed E-state index contributed by atoms with van der Waals surface area (Å²) in [5.74, 6) is 1.39. The first-order valence-corrected chi connectivity index (χ1v) is 10.8. The van der Waals surface area contributed by atoms with E-state index in [1.807, 2.05) is 62.4 Å². The molecular formula is C21H20N4OS2. The van der Waals surface area contributed by atoms with Crippen LogP contribution in [0, 0.1) is 6.92 Å². The van der Waals surface area contributed by atoms with Gasteiger partial charge in [0.2, 0.25) is 0 Å². The maximum Gasteiger partial charge on any atom is 0.252 e. The number of nitrogens with one attached hydrogen (secondary N) is 2. The predicted molar refractivity (Wildman–Crippen MR) is 115 cm³/mol. The maximum absolute atomic E-state index is 12.9. The molecule has 4 aromatic rings. The van der Waals surface area contributed by atoms with Crippen molar-refractivity contribution in [3.05, 3.63) is 76.0 Å². The van der Waals surface area contributed by atoms with Crippen molar-refractivity contribution in [3.8, 4) is 0 Å². The highest BCUT2D eigenvalue weighted by atomic mass is 32.2. The lowest BCUT2D eigenvalue weighted by Crippen LogP contribution is -2.27. The molecule has 0 aliphatic heterocycles. The molecule has 4 rings (SSSR count). The van der Waals surface area contributed by atoms with E-state index < -0.39 is 0 Å². The van der Waals surface area contributed by atoms with Gasteiger partial charge >= 0.3 is 0 Å². The number of fused-ring (bicyclic) bond motifs is 1. The van der Waals surface area contributed by atoms with Crippen LogP contribution in [-0.2, 0) is 5.75 Å². The monoisotopic (exact) mass is 408 g/mol. The number of thioether (sulfide) groups is 1. The van der Waals surface area contributed by atoms with Gasteiger partial charge in [0, 0.05) is 16.0 Å². The van der Waals surface area contributed by atoms with E-state index in [2.05, 4.69) is 25.6 Å². The van der Waals surface area contributed by atoms with Crippen molar-refractivity contribution in [3.63, 3.8) is 0 Å². The molecule has 7 heteroatoms. The number of amides is 1. The zero-order valence-electron chi connectivity index (χ0n) is 15.6. The van der Waals surface area contributed by atoms with Crippen LogP contribution in [0.15, 0.2) is 58.8 Å². The molecule has 0 saturated heterocycles. The van der Waals surface area contributed by atoms with E-state index in [0.717, 1.165) is 38.2 Å². The molecule has 0 radical (unpaired) electrons. The van der Waals surface area contributed by atoms with E-state index in [1.54, 1.807) is 23.1 Å². The summed E-state index contributed by atoms with van der Waals surface area (Å²) in [5.41, 5.74) is 3.57. The van der Waals surface area contributed by atoms with Crippen LogP contribution in [0.3, 0.4) is 0 Å². The summed E-state index contributed by atoms with van der Waals surface area (Å²) in [6, 6.07) is 15.3. The number of imidazole rings is 1. The molecule has 2 aromatic heterocycles. The second-order valence-electron chi connectivity index (χ2n) is 6.48. The summed E-state index contributed by atoms with van der Waals surface area (Å²) in [5, 5.41) is 6.18. The Bertz CT molecular complexity index is 1090. The molecule has 1 atom stereocenters. The zero-order chi connectivity index (χ0) is 19.5. The minimum atomic E-state index is -0.223. The first-order chi connectivity index (χ1) is 13.6. The normalized spacial score (nSPS) is 12.2. The smallest absolute Gasteiger partial charge is 0.252 e. The Morgan fingerprint density at radius 1 is 1.18 bits per heavy atom. The van der Waals surface area contributed by atoms with Crippen LogP contribution in [0.2, 0.25) is 0 Å². The number of hydrogen-bond donors (Lipinski definition) is 2. The van der Waals surface area contributed by atoms with Gasteiger partial charge in [-0.1, -0.05) is 24.3 Å². The minimum Gasteiger partial charge on any atom is -0.342 e. The molecule has 0 bridgehead atoms. The molecule has 142 valence electrons. The number of para-hydroxylation sites is 2. The second-order valence-corrected chi connectivity index (χ2v) is 8.56. The summed E-state index contributed by atoms with van der Waals surface area (Å²) in [7, 11) is 0. The van der Waals surface area contributed by atoms with Gasteiger partial charge in [0.05, 0.1) is 33.3 Å². The molecule has 0 aliphatic rings. The number of aryl methyl sites for hydroxylation is 1. The van der Waals surface area contributed by atoms with E-state index in [9.17, 15) is 4.79 Å². The Hall–Kier alpha value is -2.64. The highest BCUT2D eigenvalue weighted by Crippen LogP contribution is 2.27. The van der Waals surface area contributed by atoms with Gasteiger partial charge in [-0.05, 0) is 38.1 Å². The van der Waals surface area contributed by atoms with Crippen molar-refractivity contribution in [1.29, 1.82) is 0 Å². The number of aromatic nitrogens is 3. The van der Waals surface area contributed by atoms with Crippen LogP contribution in [0.5, 0.6) is 0 Å². The summed E-state index contributed by atoms with van der Waals surface area (Å²) in [6.07, 6.45) is 0. The van der Waals surface area contributed by atoms with Gasteiger partial charge in [0.1, 0.15) is 5.82 Å². The van der Waals surface area contributed by atoms with E-state index in [0.29, 0.717) is 5.56 Å². The molecule has 5 nitrogen and oxygen atoms in total. The van der Waals surface area contributed by atoms with Gasteiger partial charge < -0.3 is 10.3 Å². The standard InChI is InChI=1S/C21H20N4OS2/c1-13(20-24-17-8-4-5-9-18(17)25-20)22-21(26)16-7-3-6-10-19(16)28-12-15-11-27-14(2)23-15/h3-11,13H,12H2,1-2H3,(H,22,26)(H,24,25). The molecular weight excluding hydrogens is 388 g/mol. The number of carbonyl (C=O) groups excluding carboxylic acids is 1. The van der Waals surface area contributed by atoms with Gasteiger partial charge in [-0.25, -0.2) is 9.97 Å². The lowest BCUT2D eigenvalue weighted by atomic mass is 10.2. The van der Waals surface area contributed by atoms with Crippen molar-refractivity contribution in [2.75, 3.05) is 0 Å². The Labute approximate surface area is 171 Å². The average Bonchev–Trinajstić information content (AvgIpc) is 3.32. The Morgan fingerprint density at radius 3 is 2.75 bits per heavy atom. The van der Waals surface area contributed by atoms with Crippen molar-refractivity contribution in [2.45, 2.75) is 30.5 Å². The molecule has 0 spiro atoms. The third kappa shape index (κ3) is 4.10. The predicted octanol–water partition coefficient (Wildman–Crippen LogP) is 5.11. The lowest BCUT2D eigenvalue weighted by molar-refractivity contribution is 0.0935. The minimum absolute atomic E-state index is 0.106. The van der Waals surface area contributed by atoms with Crippen LogP contribution in [0.25, 0.3) is 11.0 Å². The molecule has 0 saturated carbocycles. The Morgan fingerprint density at radius 2 is 1.96 bits per heavy atom. The fraction of sp³-hybridized carbons (Fsp3) is 0.190. The third-order valence-electron chi connectivity index (χ3n) is 4.34. The summed E-state index contributed by atoms with van der Waals surface area (Å²) >= 11 is 3.27. The van der Waals surface area contributed by atoms with Gasteiger partial charge in [-0.15, -0.1) is 23.1 Å². The maximum atomic E-state index is 12.9. The molecule has 2 aromatic carbocycles. The van der Waals surface area contributed by atoms with Gasteiger partial charge in [-0.2, -0.15) is 0 Å². The van der Waals surface area contributed by atoms with Gasteiger partial charge in [-0.3, -0.25) is 4.79 Å². The number of rotatable bonds is 6. The molecule has 2 heterocycles. The largest absolute Gasteiger partial charge is 0.342 e. The van der Waals surface area contributed by atoms with Crippen LogP contribution in [0.1, 0.15) is 39.8 Å². The van der Waals surface area contributed by atoms with E-state index in [1.165, 1.54) is 0 Å². The number of benzene rings is 2. The quantitative estimate of drug-likeness (QED) is 0.435. The van der Waals surface area contributed by atoms with E-state index in [-0.39, 0.29) is 11.9 Å². The van der Waals surface area contributed by atoms with Crippen LogP contribution < -0.4 is 5.32 Å². The van der Waals surface area contributed by atoms with Crippen molar-refractivity contribution in [1.82, 2.24) is 20.3 Å². The molecule has 28 heavy (non-hydrogen) atoms. The topological polar surface area (TPSA) is 70.7 Å². The molecule has 1 unspecified atom stereocenters. The number of hydrogen-bond acceptors (Lipinski definition) is 5. The number of aromatic amines is 1. The molecule has 1 amide bonds. The fourth-order valence-electron chi connectivity index (χ4n) is 2.93. The number of carbonyl (C=O) groups is 1. The fourth-order valence-corrected chi connectivity index (χ4v) is 4.59. The Balaban J connectivity index is 1.48. The van der Waals surface area contributed by atoms with Crippen LogP contribution in [-0.4, -0.2) is 20.9 Å². The van der Waals surface area contributed by atoms with Crippen LogP contribution in [0.4, 0.5) is 0 Å². The molecule has 0 aliphatic carbocycles. The van der Waals surface area contributed by atoms with Gasteiger partial charge in [0.15, 0.2) is 0 Å². The summed E-state index contributed by atoms with van der Waals surface area (Å²) < 4.78 is 0. The first kappa shape index (κ1) is 18.7. The summed E-state index contributed by atoms with van der Waals surface area (Å²) in [6.45, 7) is 3.93. The third-order valence-corrected chi connectivity index (χ3v) is 6.27. The Kier molecular flexibility index (Phi) is 5.45. The average molecular weight is 409 g/mol. The molecule has 2 N–H and O–H groups in total. The zero-order valence-corrected chi connectivity index (χ0v) is 17.2. The lowest BCUT2D eigenvalue weighted by Gasteiger charge is -2.13. The van der Waals surface area contributed by atoms with Crippen molar-refractivity contribution < 1.29 is 4.79 Å². The number of H-pyrrole nitrogens is 1. The van der Waals surface area contributed by atoms with Gasteiger partial charge in [0.25, 0.3) is 5.91 Å². The van der Waals surface area contributed by atoms with E-state index in [4.69, 9.17) is 0 Å². The van der Waals surface area contributed by atoms with Crippen LogP contribution >= 0.6 is 23.1 Å². The number of nitrogens with zero attached hydrogens (tertiary/aromatic N) is 2. The SMILES string of the molecule is Cc1nc(CSc2ccccc2C(=O)NC(C)c2nc3ccccc3[nH]2)cs1. The highest BCUT2D eigenvalue weighted by Gasteiger charge is 2.17. The van der Waals surface area contributed by atoms with Crippen molar-refractivity contribution >= 4 is 40.0 Å². The number of thiazole rings is 1.